The molecule has 6 nitrogen and oxygen atoms in total. The van der Waals surface area contributed by atoms with Crippen LogP contribution in [0.1, 0.15) is 12.5 Å². The molecular formula is C11H13FN2O4. The molecule has 0 aromatic heterocycles. The van der Waals surface area contributed by atoms with Gasteiger partial charge in [0.25, 0.3) is 0 Å². The molecule has 1 rings (SSSR count). The van der Waals surface area contributed by atoms with Gasteiger partial charge in [0, 0.05) is 12.6 Å². The number of rotatable bonds is 5. The molecule has 0 aliphatic rings. The highest BCUT2D eigenvalue weighted by molar-refractivity contribution is 5.72. The van der Waals surface area contributed by atoms with Crippen LogP contribution in [0.2, 0.25) is 0 Å². The van der Waals surface area contributed by atoms with Gasteiger partial charge in [-0.3, -0.25) is 19.8 Å². The average molecular weight is 256 g/mol. The first kappa shape index (κ1) is 14.0. The SMILES string of the molecule is CC(C(=O)O)N(C)Cc1ccc([N+](=O)[O-])c(F)c1. The molecular weight excluding hydrogens is 243 g/mol. The first-order valence-electron chi connectivity index (χ1n) is 5.18. The lowest BCUT2D eigenvalue weighted by Gasteiger charge is -2.20. The van der Waals surface area contributed by atoms with Gasteiger partial charge < -0.3 is 5.11 Å². The molecule has 18 heavy (non-hydrogen) atoms. The zero-order chi connectivity index (χ0) is 13.9. The minimum atomic E-state index is -0.986. The van der Waals surface area contributed by atoms with E-state index in [4.69, 9.17) is 5.11 Å². The van der Waals surface area contributed by atoms with E-state index in [1.165, 1.54) is 17.9 Å². The Morgan fingerprint density at radius 3 is 2.67 bits per heavy atom. The Balaban J connectivity index is 2.84. The maximum Gasteiger partial charge on any atom is 0.320 e. The lowest BCUT2D eigenvalue weighted by atomic mass is 10.1. The number of hydrogen-bond donors (Lipinski definition) is 1. The van der Waals surface area contributed by atoms with Crippen LogP contribution in [0.3, 0.4) is 0 Å². The van der Waals surface area contributed by atoms with E-state index in [1.807, 2.05) is 0 Å². The highest BCUT2D eigenvalue weighted by Gasteiger charge is 2.18. The van der Waals surface area contributed by atoms with Crippen LogP contribution in [0.15, 0.2) is 18.2 Å². The van der Waals surface area contributed by atoms with Gasteiger partial charge in [-0.25, -0.2) is 0 Å². The monoisotopic (exact) mass is 256 g/mol. The second-order valence-corrected chi connectivity index (χ2v) is 3.97. The molecule has 1 aromatic carbocycles. The third-order valence-corrected chi connectivity index (χ3v) is 2.66. The molecule has 0 saturated heterocycles. The van der Waals surface area contributed by atoms with Crippen molar-refractivity contribution in [3.63, 3.8) is 0 Å². The number of nitro groups is 1. The van der Waals surface area contributed by atoms with Gasteiger partial charge in [-0.2, -0.15) is 4.39 Å². The summed E-state index contributed by atoms with van der Waals surface area (Å²) in [5.41, 5.74) is -0.110. The molecule has 1 atom stereocenters. The molecule has 0 radical (unpaired) electrons. The van der Waals surface area contributed by atoms with Crippen LogP contribution in [-0.4, -0.2) is 34.0 Å². The van der Waals surface area contributed by atoms with Crippen molar-refractivity contribution in [1.82, 2.24) is 4.90 Å². The van der Waals surface area contributed by atoms with Crippen molar-refractivity contribution < 1.29 is 19.2 Å². The second-order valence-electron chi connectivity index (χ2n) is 3.97. The fourth-order valence-electron chi connectivity index (χ4n) is 1.41. The van der Waals surface area contributed by atoms with Gasteiger partial charge >= 0.3 is 11.7 Å². The zero-order valence-electron chi connectivity index (χ0n) is 9.96. The minimum Gasteiger partial charge on any atom is -0.480 e. The highest BCUT2D eigenvalue weighted by atomic mass is 19.1. The Kier molecular flexibility index (Phi) is 4.33. The fraction of sp³-hybridized carbons (Fsp3) is 0.364. The number of aliphatic carboxylic acids is 1. The number of carbonyl (C=O) groups is 1. The van der Waals surface area contributed by atoms with Crippen molar-refractivity contribution in [2.45, 2.75) is 19.5 Å². The number of carboxylic acid groups (broad SMARTS) is 1. The summed E-state index contributed by atoms with van der Waals surface area (Å²) in [7, 11) is 1.58. The van der Waals surface area contributed by atoms with Gasteiger partial charge in [-0.05, 0) is 25.6 Å². The Bertz CT molecular complexity index is 478. The molecule has 0 aliphatic carbocycles. The Hall–Kier alpha value is -2.02. The number of nitro benzene ring substituents is 1. The van der Waals surface area contributed by atoms with Crippen molar-refractivity contribution in [3.05, 3.63) is 39.7 Å². The fourth-order valence-corrected chi connectivity index (χ4v) is 1.41. The van der Waals surface area contributed by atoms with Crippen LogP contribution in [0, 0.1) is 15.9 Å². The van der Waals surface area contributed by atoms with E-state index in [-0.39, 0.29) is 6.54 Å². The summed E-state index contributed by atoms with van der Waals surface area (Å²) in [5.74, 6) is -1.91. The summed E-state index contributed by atoms with van der Waals surface area (Å²) in [5, 5.41) is 19.2. The summed E-state index contributed by atoms with van der Waals surface area (Å²) >= 11 is 0. The third-order valence-electron chi connectivity index (χ3n) is 2.66. The molecule has 0 amide bonds. The van der Waals surface area contributed by atoms with Crippen LogP contribution >= 0.6 is 0 Å². The van der Waals surface area contributed by atoms with E-state index in [9.17, 15) is 19.3 Å². The summed E-state index contributed by atoms with van der Waals surface area (Å²) in [6.45, 7) is 1.70. The topological polar surface area (TPSA) is 83.7 Å². The summed E-state index contributed by atoms with van der Waals surface area (Å²) < 4.78 is 13.3. The number of halogens is 1. The molecule has 7 heteroatoms. The van der Waals surface area contributed by atoms with Crippen LogP contribution in [0.5, 0.6) is 0 Å². The van der Waals surface area contributed by atoms with Crippen LogP contribution in [0.25, 0.3) is 0 Å². The number of likely N-dealkylation sites (N-methyl/N-ethyl adjacent to an activating group) is 1. The lowest BCUT2D eigenvalue weighted by Crippen LogP contribution is -2.35. The van der Waals surface area contributed by atoms with E-state index in [0.29, 0.717) is 5.56 Å². The van der Waals surface area contributed by atoms with Gasteiger partial charge in [0.15, 0.2) is 0 Å². The van der Waals surface area contributed by atoms with E-state index in [0.717, 1.165) is 12.1 Å². The maximum absolute atomic E-state index is 13.3. The van der Waals surface area contributed by atoms with E-state index in [2.05, 4.69) is 0 Å². The van der Waals surface area contributed by atoms with Crippen LogP contribution in [0.4, 0.5) is 10.1 Å². The van der Waals surface area contributed by atoms with E-state index >= 15 is 0 Å². The maximum atomic E-state index is 13.3. The predicted molar refractivity (Wildman–Crippen MR) is 61.6 cm³/mol. The van der Waals surface area contributed by atoms with Gasteiger partial charge in [0.1, 0.15) is 6.04 Å². The first-order valence-corrected chi connectivity index (χ1v) is 5.18. The van der Waals surface area contributed by atoms with Crippen LogP contribution in [-0.2, 0) is 11.3 Å². The molecule has 1 aromatic rings. The molecule has 0 heterocycles. The second kappa shape index (κ2) is 5.54. The van der Waals surface area contributed by atoms with Gasteiger partial charge in [-0.1, -0.05) is 6.07 Å². The van der Waals surface area contributed by atoms with Crippen molar-refractivity contribution in [3.8, 4) is 0 Å². The highest BCUT2D eigenvalue weighted by Crippen LogP contribution is 2.19. The number of benzene rings is 1. The van der Waals surface area contributed by atoms with E-state index in [1.54, 1.807) is 7.05 Å². The average Bonchev–Trinajstić information content (AvgIpc) is 2.27. The molecule has 0 bridgehead atoms. The summed E-state index contributed by atoms with van der Waals surface area (Å²) in [4.78, 5) is 21.9. The predicted octanol–water partition coefficient (Wildman–Crippen LogP) is 1.64. The van der Waals surface area contributed by atoms with Crippen molar-refractivity contribution in [2.75, 3.05) is 7.05 Å². The Labute approximate surface area is 103 Å². The van der Waals surface area contributed by atoms with Crippen LogP contribution < -0.4 is 0 Å². The normalized spacial score (nSPS) is 12.4. The summed E-state index contributed by atoms with van der Waals surface area (Å²) in [6, 6.07) is 2.81. The standard InChI is InChI=1S/C11H13FN2O4/c1-7(11(15)16)13(2)6-8-3-4-10(14(17)18)9(12)5-8/h3-5,7H,6H2,1-2H3,(H,15,16). The molecule has 1 unspecified atom stereocenters. The molecule has 1 N–H and O–H groups in total. The smallest absolute Gasteiger partial charge is 0.320 e. The largest absolute Gasteiger partial charge is 0.480 e. The molecule has 0 spiro atoms. The van der Waals surface area contributed by atoms with E-state index < -0.39 is 28.4 Å². The molecule has 98 valence electrons. The Morgan fingerprint density at radius 1 is 1.61 bits per heavy atom. The molecule has 0 saturated carbocycles. The van der Waals surface area contributed by atoms with Crippen molar-refractivity contribution in [2.24, 2.45) is 0 Å². The number of nitrogens with zero attached hydrogens (tertiary/aromatic N) is 2. The zero-order valence-corrected chi connectivity index (χ0v) is 9.96. The first-order chi connectivity index (χ1) is 8.32. The number of hydrogen-bond acceptors (Lipinski definition) is 4. The van der Waals surface area contributed by atoms with Crippen molar-refractivity contribution >= 4 is 11.7 Å². The van der Waals surface area contributed by atoms with Crippen molar-refractivity contribution in [1.29, 1.82) is 0 Å². The quantitative estimate of drug-likeness (QED) is 0.639. The summed E-state index contributed by atoms with van der Waals surface area (Å²) in [6.07, 6.45) is 0. The van der Waals surface area contributed by atoms with Gasteiger partial charge in [0.05, 0.1) is 4.92 Å². The Morgan fingerprint density at radius 2 is 2.22 bits per heavy atom. The lowest BCUT2D eigenvalue weighted by molar-refractivity contribution is -0.387. The third kappa shape index (κ3) is 3.24. The van der Waals surface area contributed by atoms with Gasteiger partial charge in [-0.15, -0.1) is 0 Å². The molecule has 0 aliphatic heterocycles. The van der Waals surface area contributed by atoms with Gasteiger partial charge in [0.2, 0.25) is 5.82 Å². The minimum absolute atomic E-state index is 0.197. The molecule has 0 fully saturated rings. The number of carboxylic acids is 1.